The van der Waals surface area contributed by atoms with Crippen molar-refractivity contribution in [2.45, 2.75) is 32.7 Å². The molecule has 0 unspecified atom stereocenters. The molecule has 0 amide bonds. The van der Waals surface area contributed by atoms with Gasteiger partial charge in [-0.05, 0) is 56.3 Å². The van der Waals surface area contributed by atoms with E-state index in [0.717, 1.165) is 49.3 Å². The SMILES string of the molecule is CCN(CC)CCOc1ccc(Nc2ncc3ccc(=O)n(C4CC4)c3n2)cc1. The van der Waals surface area contributed by atoms with Crippen molar-refractivity contribution in [1.82, 2.24) is 19.4 Å². The quantitative estimate of drug-likeness (QED) is 0.599. The summed E-state index contributed by atoms with van der Waals surface area (Å²) in [6, 6.07) is 11.4. The van der Waals surface area contributed by atoms with Crippen molar-refractivity contribution in [1.29, 1.82) is 0 Å². The second-order valence-electron chi connectivity index (χ2n) is 7.27. The molecule has 1 aliphatic rings. The summed E-state index contributed by atoms with van der Waals surface area (Å²) in [4.78, 5) is 23.6. The number of fused-ring (bicyclic) bond motifs is 1. The maximum atomic E-state index is 12.3. The molecule has 0 atom stereocenters. The summed E-state index contributed by atoms with van der Waals surface area (Å²) in [6.07, 6.45) is 3.82. The van der Waals surface area contributed by atoms with Crippen molar-refractivity contribution < 1.29 is 4.74 Å². The highest BCUT2D eigenvalue weighted by molar-refractivity contribution is 5.76. The molecule has 0 aliphatic heterocycles. The highest BCUT2D eigenvalue weighted by Gasteiger charge is 2.26. The van der Waals surface area contributed by atoms with Crippen LogP contribution in [0.15, 0.2) is 47.4 Å². The molecule has 2 heterocycles. The Morgan fingerprint density at radius 3 is 2.59 bits per heavy atom. The summed E-state index contributed by atoms with van der Waals surface area (Å²) in [5.74, 6) is 1.32. The number of anilines is 2. The van der Waals surface area contributed by atoms with Crippen LogP contribution in [0.2, 0.25) is 0 Å². The normalized spacial score (nSPS) is 13.8. The van der Waals surface area contributed by atoms with E-state index < -0.39 is 0 Å². The Balaban J connectivity index is 1.44. The van der Waals surface area contributed by atoms with Crippen LogP contribution in [0.25, 0.3) is 11.0 Å². The van der Waals surface area contributed by atoms with Crippen molar-refractivity contribution in [3.63, 3.8) is 0 Å². The first-order chi connectivity index (χ1) is 14.2. The van der Waals surface area contributed by atoms with Crippen LogP contribution in [0.3, 0.4) is 0 Å². The van der Waals surface area contributed by atoms with Gasteiger partial charge in [-0.15, -0.1) is 0 Å². The lowest BCUT2D eigenvalue weighted by Crippen LogP contribution is -2.27. The molecule has 1 aliphatic carbocycles. The maximum Gasteiger partial charge on any atom is 0.252 e. The van der Waals surface area contributed by atoms with Gasteiger partial charge >= 0.3 is 0 Å². The zero-order chi connectivity index (χ0) is 20.2. The third-order valence-corrected chi connectivity index (χ3v) is 5.26. The lowest BCUT2D eigenvalue weighted by atomic mass is 10.3. The largest absolute Gasteiger partial charge is 0.492 e. The van der Waals surface area contributed by atoms with Gasteiger partial charge in [0.15, 0.2) is 0 Å². The van der Waals surface area contributed by atoms with Gasteiger partial charge in [0.1, 0.15) is 18.0 Å². The van der Waals surface area contributed by atoms with Crippen LogP contribution < -0.4 is 15.6 Å². The van der Waals surface area contributed by atoms with Gasteiger partial charge in [0.05, 0.1) is 0 Å². The minimum Gasteiger partial charge on any atom is -0.492 e. The van der Waals surface area contributed by atoms with E-state index in [1.54, 1.807) is 22.9 Å². The predicted octanol–water partition coefficient (Wildman–Crippen LogP) is 3.59. The molecule has 7 nitrogen and oxygen atoms in total. The summed E-state index contributed by atoms with van der Waals surface area (Å²) in [7, 11) is 0. The second-order valence-corrected chi connectivity index (χ2v) is 7.27. The molecule has 1 N–H and O–H groups in total. The van der Waals surface area contributed by atoms with Crippen LogP contribution in [0.1, 0.15) is 32.7 Å². The number of nitrogens with one attached hydrogen (secondary N) is 1. The second kappa shape index (κ2) is 8.61. The monoisotopic (exact) mass is 393 g/mol. The summed E-state index contributed by atoms with van der Waals surface area (Å²) in [6.45, 7) is 7.96. The average molecular weight is 393 g/mol. The molecule has 1 fully saturated rings. The molecule has 0 saturated heterocycles. The van der Waals surface area contributed by atoms with E-state index in [-0.39, 0.29) is 11.6 Å². The zero-order valence-corrected chi connectivity index (χ0v) is 17.0. The lowest BCUT2D eigenvalue weighted by Gasteiger charge is -2.18. The number of hydrogen-bond donors (Lipinski definition) is 1. The Hall–Kier alpha value is -2.93. The number of nitrogens with zero attached hydrogens (tertiary/aromatic N) is 4. The van der Waals surface area contributed by atoms with E-state index >= 15 is 0 Å². The standard InChI is InChI=1S/C22H27N5O2/c1-3-26(4-2)13-14-29-19-10-6-17(7-11-19)24-22-23-15-16-5-12-20(28)27(18-8-9-18)21(16)25-22/h5-7,10-12,15,18H,3-4,8-9,13-14H2,1-2H3,(H,23,24,25). The molecular formula is C22H27N5O2. The molecule has 2 aromatic heterocycles. The minimum atomic E-state index is -0.00383. The van der Waals surface area contributed by atoms with Crippen molar-refractivity contribution in [3.8, 4) is 5.75 Å². The van der Waals surface area contributed by atoms with Crippen LogP contribution in [0, 0.1) is 0 Å². The first-order valence-corrected chi connectivity index (χ1v) is 10.3. The molecule has 0 bridgehead atoms. The lowest BCUT2D eigenvalue weighted by molar-refractivity contribution is 0.223. The van der Waals surface area contributed by atoms with Crippen LogP contribution in [-0.4, -0.2) is 45.7 Å². The van der Waals surface area contributed by atoms with Gasteiger partial charge < -0.3 is 15.0 Å². The van der Waals surface area contributed by atoms with Crippen molar-refractivity contribution in [2.24, 2.45) is 0 Å². The summed E-state index contributed by atoms with van der Waals surface area (Å²) in [5, 5.41) is 4.09. The van der Waals surface area contributed by atoms with Gasteiger partial charge in [0.2, 0.25) is 5.95 Å². The van der Waals surface area contributed by atoms with Gasteiger partial charge in [-0.2, -0.15) is 4.98 Å². The first-order valence-electron chi connectivity index (χ1n) is 10.3. The molecule has 152 valence electrons. The number of rotatable bonds is 9. The van der Waals surface area contributed by atoms with Crippen LogP contribution in [0.4, 0.5) is 11.6 Å². The summed E-state index contributed by atoms with van der Waals surface area (Å²) < 4.78 is 7.61. The molecular weight excluding hydrogens is 366 g/mol. The van der Waals surface area contributed by atoms with Gasteiger partial charge in [0.25, 0.3) is 5.56 Å². The third-order valence-electron chi connectivity index (χ3n) is 5.26. The molecule has 0 radical (unpaired) electrons. The molecule has 4 rings (SSSR count). The smallest absolute Gasteiger partial charge is 0.252 e. The predicted molar refractivity (Wildman–Crippen MR) is 115 cm³/mol. The summed E-state index contributed by atoms with van der Waals surface area (Å²) in [5.41, 5.74) is 1.56. The first kappa shape index (κ1) is 19.4. The molecule has 1 aromatic carbocycles. The van der Waals surface area contributed by atoms with E-state index in [1.807, 2.05) is 24.3 Å². The molecule has 3 aromatic rings. The fraction of sp³-hybridized carbons (Fsp3) is 0.409. The molecule has 7 heteroatoms. The van der Waals surface area contributed by atoms with Crippen molar-refractivity contribution in [3.05, 3.63) is 52.9 Å². The van der Waals surface area contributed by atoms with Gasteiger partial charge in [-0.3, -0.25) is 9.36 Å². The molecule has 1 saturated carbocycles. The highest BCUT2D eigenvalue weighted by atomic mass is 16.5. The Bertz CT molecular complexity index is 1020. The Kier molecular flexibility index (Phi) is 5.76. The number of likely N-dealkylation sites (N-methyl/N-ethyl adjacent to an activating group) is 1. The number of pyridine rings is 1. The number of hydrogen-bond acceptors (Lipinski definition) is 6. The maximum absolute atomic E-state index is 12.3. The fourth-order valence-corrected chi connectivity index (χ4v) is 3.38. The van der Waals surface area contributed by atoms with Crippen LogP contribution >= 0.6 is 0 Å². The van der Waals surface area contributed by atoms with E-state index in [9.17, 15) is 4.79 Å². The Morgan fingerprint density at radius 2 is 1.90 bits per heavy atom. The highest BCUT2D eigenvalue weighted by Crippen LogP contribution is 2.35. The van der Waals surface area contributed by atoms with E-state index in [0.29, 0.717) is 18.2 Å². The fourth-order valence-electron chi connectivity index (χ4n) is 3.38. The third kappa shape index (κ3) is 4.56. The van der Waals surface area contributed by atoms with Crippen LogP contribution in [0.5, 0.6) is 5.75 Å². The molecule has 29 heavy (non-hydrogen) atoms. The minimum absolute atomic E-state index is 0.00383. The van der Waals surface area contributed by atoms with Crippen molar-refractivity contribution in [2.75, 3.05) is 31.6 Å². The average Bonchev–Trinajstić information content (AvgIpc) is 3.57. The van der Waals surface area contributed by atoms with Crippen molar-refractivity contribution >= 4 is 22.7 Å². The van der Waals surface area contributed by atoms with E-state index in [1.165, 1.54) is 0 Å². The van der Waals surface area contributed by atoms with Crippen LogP contribution in [-0.2, 0) is 0 Å². The van der Waals surface area contributed by atoms with E-state index in [4.69, 9.17) is 4.74 Å². The number of ether oxygens (including phenoxy) is 1. The van der Waals surface area contributed by atoms with Gasteiger partial charge in [0, 0.05) is 35.9 Å². The van der Waals surface area contributed by atoms with Gasteiger partial charge in [-0.25, -0.2) is 4.98 Å². The molecule has 0 spiro atoms. The Morgan fingerprint density at radius 1 is 1.14 bits per heavy atom. The number of benzene rings is 1. The summed E-state index contributed by atoms with van der Waals surface area (Å²) >= 11 is 0. The van der Waals surface area contributed by atoms with E-state index in [2.05, 4.69) is 34.0 Å². The number of aromatic nitrogens is 3. The van der Waals surface area contributed by atoms with Gasteiger partial charge in [-0.1, -0.05) is 13.8 Å². The zero-order valence-electron chi connectivity index (χ0n) is 17.0. The topological polar surface area (TPSA) is 72.3 Å². The Labute approximate surface area is 170 Å².